The molecule has 1 unspecified atom stereocenters. The monoisotopic (exact) mass is 694 g/mol. The molecular weight excluding hydrogens is 644 g/mol. The third kappa shape index (κ3) is 8.39. The second kappa shape index (κ2) is 17.9. The Bertz CT molecular complexity index is 1630. The summed E-state index contributed by atoms with van der Waals surface area (Å²) in [6, 6.07) is 27.9. The van der Waals surface area contributed by atoms with Crippen molar-refractivity contribution in [2.75, 3.05) is 52.5 Å². The van der Waals surface area contributed by atoms with Crippen LogP contribution in [0.2, 0.25) is 0 Å². The molecule has 3 aromatic carbocycles. The summed E-state index contributed by atoms with van der Waals surface area (Å²) < 4.78 is 5.92. The van der Waals surface area contributed by atoms with E-state index in [0.29, 0.717) is 49.8 Å². The molecule has 11 nitrogen and oxygen atoms in total. The molecule has 2 aliphatic heterocycles. The van der Waals surface area contributed by atoms with E-state index in [0.717, 1.165) is 63.0 Å². The van der Waals surface area contributed by atoms with Crippen molar-refractivity contribution in [3.05, 3.63) is 135 Å². The molecule has 0 bridgehead atoms. The lowest BCUT2D eigenvalue weighted by Gasteiger charge is -2.43. The number of hydrogen-bond donors (Lipinski definition) is 2. The van der Waals surface area contributed by atoms with Crippen LogP contribution in [0, 0.1) is 10.1 Å². The highest BCUT2D eigenvalue weighted by molar-refractivity contribution is 5.61. The SMILES string of the molecule is CCC1=C(N(C=O)CC)C(c2ccc([N+](=O)[O-])cc2)C(N(C=O)CCCN2CCC(c3ccccc3)(c3ccccc3)CC2)=C(COCCN)N1. The van der Waals surface area contributed by atoms with E-state index in [9.17, 15) is 19.7 Å². The molecule has 3 aromatic rings. The second-order valence-electron chi connectivity index (χ2n) is 13.0. The molecule has 2 heterocycles. The molecule has 1 atom stereocenters. The molecule has 2 amide bonds. The predicted molar refractivity (Wildman–Crippen MR) is 198 cm³/mol. The third-order valence-electron chi connectivity index (χ3n) is 10.2. The fraction of sp³-hybridized carbons (Fsp3) is 0.400. The lowest BCUT2D eigenvalue weighted by Crippen LogP contribution is -2.44. The summed E-state index contributed by atoms with van der Waals surface area (Å²) in [6.07, 6.45) is 4.93. The van der Waals surface area contributed by atoms with Crippen molar-refractivity contribution in [2.24, 2.45) is 5.73 Å². The molecule has 0 aliphatic carbocycles. The number of benzene rings is 3. The van der Waals surface area contributed by atoms with E-state index in [4.69, 9.17) is 10.5 Å². The molecule has 0 radical (unpaired) electrons. The molecule has 0 saturated carbocycles. The molecule has 2 aliphatic rings. The van der Waals surface area contributed by atoms with Crippen molar-refractivity contribution < 1.29 is 19.2 Å². The molecular formula is C40H50N6O5. The zero-order valence-electron chi connectivity index (χ0n) is 29.7. The van der Waals surface area contributed by atoms with Crippen molar-refractivity contribution in [3.63, 3.8) is 0 Å². The first kappa shape index (κ1) is 37.4. The van der Waals surface area contributed by atoms with Crippen molar-refractivity contribution in [2.45, 2.75) is 50.9 Å². The van der Waals surface area contributed by atoms with E-state index in [1.54, 1.807) is 21.9 Å². The Balaban J connectivity index is 1.41. The number of dihydropyridines is 1. The number of hydrogen-bond acceptors (Lipinski definition) is 8. The van der Waals surface area contributed by atoms with Gasteiger partial charge in [-0.1, -0.05) is 79.7 Å². The number of likely N-dealkylation sites (N-methyl/N-ethyl adjacent to an activating group) is 1. The topological polar surface area (TPSA) is 134 Å². The van der Waals surface area contributed by atoms with Crippen molar-refractivity contribution in [1.29, 1.82) is 0 Å². The largest absolute Gasteiger partial charge is 0.374 e. The number of carbonyl (C=O) groups is 2. The highest BCUT2D eigenvalue weighted by atomic mass is 16.6. The van der Waals surface area contributed by atoms with Gasteiger partial charge in [0.1, 0.15) is 0 Å². The Morgan fingerprint density at radius 3 is 2.00 bits per heavy atom. The number of ether oxygens (including phenoxy) is 1. The van der Waals surface area contributed by atoms with Crippen LogP contribution in [0.15, 0.2) is 108 Å². The summed E-state index contributed by atoms with van der Waals surface area (Å²) in [6.45, 7) is 8.25. The van der Waals surface area contributed by atoms with E-state index in [2.05, 4.69) is 70.9 Å². The van der Waals surface area contributed by atoms with Gasteiger partial charge in [-0.25, -0.2) is 0 Å². The van der Waals surface area contributed by atoms with Crippen LogP contribution in [0.3, 0.4) is 0 Å². The number of nitrogens with two attached hydrogens (primary N) is 1. The number of likely N-dealkylation sites (tertiary alicyclic amines) is 1. The quantitative estimate of drug-likeness (QED) is 0.0772. The van der Waals surface area contributed by atoms with Gasteiger partial charge in [-0.3, -0.25) is 19.7 Å². The van der Waals surface area contributed by atoms with Gasteiger partial charge in [-0.05, 0) is 68.9 Å². The highest BCUT2D eigenvalue weighted by Gasteiger charge is 2.39. The summed E-state index contributed by atoms with van der Waals surface area (Å²) >= 11 is 0. The first-order valence-corrected chi connectivity index (χ1v) is 17.9. The number of nitro benzene ring substituents is 1. The first-order valence-electron chi connectivity index (χ1n) is 17.9. The summed E-state index contributed by atoms with van der Waals surface area (Å²) in [5, 5.41) is 15.0. The highest BCUT2D eigenvalue weighted by Crippen LogP contribution is 2.43. The van der Waals surface area contributed by atoms with Crippen LogP contribution >= 0.6 is 0 Å². The van der Waals surface area contributed by atoms with E-state index in [1.165, 1.54) is 23.3 Å². The Morgan fingerprint density at radius 1 is 0.902 bits per heavy atom. The number of amides is 2. The smallest absolute Gasteiger partial charge is 0.269 e. The fourth-order valence-corrected chi connectivity index (χ4v) is 7.62. The minimum Gasteiger partial charge on any atom is -0.374 e. The molecule has 3 N–H and O–H groups in total. The number of non-ortho nitro benzene ring substituents is 1. The number of nitro groups is 1. The molecule has 0 spiro atoms. The van der Waals surface area contributed by atoms with Crippen LogP contribution in [0.4, 0.5) is 5.69 Å². The van der Waals surface area contributed by atoms with Gasteiger partial charge in [0.2, 0.25) is 12.8 Å². The minimum atomic E-state index is -0.554. The molecule has 11 heteroatoms. The molecule has 1 fully saturated rings. The predicted octanol–water partition coefficient (Wildman–Crippen LogP) is 5.50. The standard InChI is InChI=1S/C40H50N6O5/c1-3-35-38(44(4-2)29-47)37(31-16-18-34(19-17-31)46(49)50)39(36(42-35)28-51-27-22-41)45(30-48)24-11-23-43-25-20-40(21-26-43,32-12-7-5-8-13-32)33-14-9-6-10-15-33/h5-10,12-19,29-30,37,42H,3-4,11,20-28,41H2,1-2H3. The molecule has 5 rings (SSSR count). The fourth-order valence-electron chi connectivity index (χ4n) is 7.62. The van der Waals surface area contributed by atoms with E-state index >= 15 is 0 Å². The average Bonchev–Trinajstić information content (AvgIpc) is 3.18. The Labute approximate surface area is 300 Å². The molecule has 270 valence electrons. The maximum Gasteiger partial charge on any atom is 0.269 e. The van der Waals surface area contributed by atoms with Crippen LogP contribution in [-0.4, -0.2) is 84.9 Å². The van der Waals surface area contributed by atoms with Gasteiger partial charge in [0.15, 0.2) is 0 Å². The summed E-state index contributed by atoms with van der Waals surface area (Å²) in [4.78, 5) is 42.4. The molecule has 51 heavy (non-hydrogen) atoms. The van der Waals surface area contributed by atoms with Crippen LogP contribution in [0.5, 0.6) is 0 Å². The normalized spacial score (nSPS) is 17.5. The summed E-state index contributed by atoms with van der Waals surface area (Å²) in [5.41, 5.74) is 12.0. The average molecular weight is 695 g/mol. The maximum atomic E-state index is 13.0. The minimum absolute atomic E-state index is 0.0361. The number of rotatable bonds is 18. The maximum absolute atomic E-state index is 13.0. The van der Waals surface area contributed by atoms with Gasteiger partial charge in [0.05, 0.1) is 41.1 Å². The van der Waals surface area contributed by atoms with Crippen LogP contribution < -0.4 is 11.1 Å². The Hall–Kier alpha value is -4.84. The van der Waals surface area contributed by atoms with Gasteiger partial charge in [-0.2, -0.15) is 0 Å². The summed E-state index contributed by atoms with van der Waals surface area (Å²) in [5.74, 6) is -0.554. The third-order valence-corrected chi connectivity index (χ3v) is 10.2. The Morgan fingerprint density at radius 2 is 1.49 bits per heavy atom. The zero-order chi connectivity index (χ0) is 36.2. The van der Waals surface area contributed by atoms with Gasteiger partial charge >= 0.3 is 0 Å². The number of nitrogens with one attached hydrogen (secondary N) is 1. The first-order chi connectivity index (χ1) is 24.9. The lowest BCUT2D eigenvalue weighted by atomic mass is 9.68. The molecule has 0 aromatic heterocycles. The van der Waals surface area contributed by atoms with Crippen molar-refractivity contribution in [3.8, 4) is 0 Å². The molecule has 1 saturated heterocycles. The van der Waals surface area contributed by atoms with Crippen LogP contribution in [0.25, 0.3) is 0 Å². The van der Waals surface area contributed by atoms with Gasteiger partial charge in [0, 0.05) is 42.9 Å². The van der Waals surface area contributed by atoms with Gasteiger partial charge < -0.3 is 30.5 Å². The van der Waals surface area contributed by atoms with Gasteiger partial charge in [-0.15, -0.1) is 0 Å². The number of allylic oxidation sites excluding steroid dienone is 1. The van der Waals surface area contributed by atoms with Crippen molar-refractivity contribution in [1.82, 2.24) is 20.0 Å². The second-order valence-corrected chi connectivity index (χ2v) is 13.0. The van der Waals surface area contributed by atoms with E-state index < -0.39 is 10.8 Å². The van der Waals surface area contributed by atoms with Gasteiger partial charge in [0.25, 0.3) is 5.69 Å². The van der Waals surface area contributed by atoms with Crippen LogP contribution in [0.1, 0.15) is 62.1 Å². The van der Waals surface area contributed by atoms with E-state index in [1.807, 2.05) is 13.8 Å². The lowest BCUT2D eigenvalue weighted by molar-refractivity contribution is -0.384. The van der Waals surface area contributed by atoms with E-state index in [-0.39, 0.29) is 17.7 Å². The van der Waals surface area contributed by atoms with Crippen LogP contribution in [-0.2, 0) is 19.7 Å². The van der Waals surface area contributed by atoms with Crippen molar-refractivity contribution >= 4 is 18.5 Å². The number of nitrogens with zero attached hydrogens (tertiary/aromatic N) is 4. The number of piperidine rings is 1. The summed E-state index contributed by atoms with van der Waals surface area (Å²) in [7, 11) is 0. The number of carbonyl (C=O) groups excluding carboxylic acids is 2. The zero-order valence-corrected chi connectivity index (χ0v) is 29.7. The Kier molecular flexibility index (Phi) is 13.1.